The second-order valence-corrected chi connectivity index (χ2v) is 6.63. The lowest BCUT2D eigenvalue weighted by atomic mass is 10.0. The average molecular weight is 302 g/mol. The highest BCUT2D eigenvalue weighted by Crippen LogP contribution is 2.22. The van der Waals surface area contributed by atoms with Crippen LogP contribution in [-0.2, 0) is 13.6 Å². The van der Waals surface area contributed by atoms with Gasteiger partial charge in [-0.2, -0.15) is 5.10 Å². The van der Waals surface area contributed by atoms with Crippen molar-refractivity contribution >= 4 is 5.82 Å². The first-order valence-electron chi connectivity index (χ1n) is 8.03. The van der Waals surface area contributed by atoms with Crippen LogP contribution in [0.2, 0.25) is 0 Å². The second kappa shape index (κ2) is 6.12. The zero-order valence-corrected chi connectivity index (χ0v) is 13.9. The van der Waals surface area contributed by atoms with E-state index in [2.05, 4.69) is 56.9 Å². The predicted octanol–water partition coefficient (Wildman–Crippen LogP) is 1.95. The Hall–Kier alpha value is -1.82. The van der Waals surface area contributed by atoms with Crippen LogP contribution in [-0.4, -0.2) is 32.4 Å². The highest BCUT2D eigenvalue weighted by atomic mass is 15.3. The van der Waals surface area contributed by atoms with Crippen molar-refractivity contribution in [3.63, 3.8) is 0 Å². The summed E-state index contributed by atoms with van der Waals surface area (Å²) in [6.07, 6.45) is 3.88. The molecule has 0 unspecified atom stereocenters. The molecule has 3 rings (SSSR count). The fraction of sp³-hybridized carbons (Fsp3) is 0.625. The van der Waals surface area contributed by atoms with Gasteiger partial charge in [0.15, 0.2) is 0 Å². The SMILES string of the molecule is Cc1cc2n(n1)C[C@H](CN[C@H](c1nccn1C)C(C)C)CN2. The number of nitrogens with one attached hydrogen (secondary N) is 2. The summed E-state index contributed by atoms with van der Waals surface area (Å²) in [5.41, 5.74) is 1.07. The van der Waals surface area contributed by atoms with E-state index in [1.165, 1.54) is 0 Å². The third-order valence-corrected chi connectivity index (χ3v) is 4.33. The molecule has 2 N–H and O–H groups in total. The van der Waals surface area contributed by atoms with Crippen LogP contribution in [0.3, 0.4) is 0 Å². The summed E-state index contributed by atoms with van der Waals surface area (Å²) < 4.78 is 4.18. The van der Waals surface area contributed by atoms with Crippen molar-refractivity contribution in [3.8, 4) is 0 Å². The van der Waals surface area contributed by atoms with Gasteiger partial charge in [0.05, 0.1) is 11.7 Å². The van der Waals surface area contributed by atoms with Crippen molar-refractivity contribution in [1.29, 1.82) is 0 Å². The van der Waals surface area contributed by atoms with Gasteiger partial charge in [-0.25, -0.2) is 9.67 Å². The van der Waals surface area contributed by atoms with E-state index >= 15 is 0 Å². The number of anilines is 1. The maximum Gasteiger partial charge on any atom is 0.125 e. The maximum atomic E-state index is 4.54. The van der Waals surface area contributed by atoms with Gasteiger partial charge in [0.25, 0.3) is 0 Å². The lowest BCUT2D eigenvalue weighted by Gasteiger charge is -2.28. The summed E-state index contributed by atoms with van der Waals surface area (Å²) in [6.45, 7) is 9.43. The number of rotatable bonds is 5. The Labute approximate surface area is 131 Å². The van der Waals surface area contributed by atoms with Crippen LogP contribution >= 0.6 is 0 Å². The first-order valence-corrected chi connectivity index (χ1v) is 8.03. The molecule has 0 aromatic carbocycles. The minimum Gasteiger partial charge on any atom is -0.370 e. The molecule has 120 valence electrons. The maximum absolute atomic E-state index is 4.54. The van der Waals surface area contributed by atoms with Gasteiger partial charge >= 0.3 is 0 Å². The van der Waals surface area contributed by atoms with E-state index in [9.17, 15) is 0 Å². The Kier molecular flexibility index (Phi) is 4.20. The molecule has 2 atom stereocenters. The molecule has 2 aromatic heterocycles. The van der Waals surface area contributed by atoms with Crippen LogP contribution in [0.4, 0.5) is 5.82 Å². The van der Waals surface area contributed by atoms with Gasteiger partial charge in [-0.05, 0) is 12.8 Å². The standard InChI is InChI=1S/C16H26N6/c1-11(2)15(16-17-5-6-21(16)4)19-9-13-8-18-14-7-12(3)20-22(14)10-13/h5-7,11,13,15,18-19H,8-10H2,1-4H3/t13-,15-/m0/s1. The zero-order chi connectivity index (χ0) is 15.7. The minimum atomic E-state index is 0.278. The number of aryl methyl sites for hydroxylation is 2. The monoisotopic (exact) mass is 302 g/mol. The third kappa shape index (κ3) is 3.02. The van der Waals surface area contributed by atoms with Gasteiger partial charge < -0.3 is 15.2 Å². The number of nitrogens with zero attached hydrogens (tertiary/aromatic N) is 4. The van der Waals surface area contributed by atoms with E-state index in [0.717, 1.165) is 37.0 Å². The molecule has 1 aliphatic rings. The quantitative estimate of drug-likeness (QED) is 0.886. The van der Waals surface area contributed by atoms with Gasteiger partial charge in [-0.1, -0.05) is 13.8 Å². The molecule has 3 heterocycles. The molecular formula is C16H26N6. The van der Waals surface area contributed by atoms with Crippen molar-refractivity contribution < 1.29 is 0 Å². The fourth-order valence-corrected chi connectivity index (χ4v) is 3.12. The summed E-state index contributed by atoms with van der Waals surface area (Å²) in [4.78, 5) is 4.51. The van der Waals surface area contributed by atoms with Gasteiger partial charge in [0, 0.05) is 51.1 Å². The van der Waals surface area contributed by atoms with Crippen molar-refractivity contribution in [1.82, 2.24) is 24.6 Å². The lowest BCUT2D eigenvalue weighted by Crippen LogP contribution is -2.38. The van der Waals surface area contributed by atoms with Crippen molar-refractivity contribution in [2.75, 3.05) is 18.4 Å². The topological polar surface area (TPSA) is 59.7 Å². The van der Waals surface area contributed by atoms with Crippen LogP contribution in [0.5, 0.6) is 0 Å². The van der Waals surface area contributed by atoms with Crippen molar-refractivity contribution in [2.24, 2.45) is 18.9 Å². The van der Waals surface area contributed by atoms with Crippen molar-refractivity contribution in [2.45, 2.75) is 33.4 Å². The summed E-state index contributed by atoms with van der Waals surface area (Å²) in [5, 5.41) is 11.7. The summed E-state index contributed by atoms with van der Waals surface area (Å²) in [7, 11) is 2.06. The Bertz CT molecular complexity index is 626. The van der Waals surface area contributed by atoms with Gasteiger partial charge in [-0.15, -0.1) is 0 Å². The molecule has 0 radical (unpaired) electrons. The number of fused-ring (bicyclic) bond motifs is 1. The van der Waals surface area contributed by atoms with Crippen LogP contribution in [0, 0.1) is 18.8 Å². The van der Waals surface area contributed by atoms with E-state index < -0.39 is 0 Å². The van der Waals surface area contributed by atoms with Crippen LogP contribution in [0.15, 0.2) is 18.5 Å². The third-order valence-electron chi connectivity index (χ3n) is 4.33. The first kappa shape index (κ1) is 15.1. The molecule has 1 aliphatic heterocycles. The summed E-state index contributed by atoms with van der Waals surface area (Å²) in [6, 6.07) is 2.38. The Balaban J connectivity index is 1.63. The molecule has 0 saturated heterocycles. The molecule has 2 aromatic rings. The molecule has 6 nitrogen and oxygen atoms in total. The molecule has 6 heteroatoms. The second-order valence-electron chi connectivity index (χ2n) is 6.63. The van der Waals surface area contributed by atoms with E-state index in [4.69, 9.17) is 0 Å². The van der Waals surface area contributed by atoms with Gasteiger partial charge in [0.2, 0.25) is 0 Å². The Morgan fingerprint density at radius 2 is 2.27 bits per heavy atom. The first-order chi connectivity index (χ1) is 10.5. The average Bonchev–Trinajstić information content (AvgIpc) is 3.03. The Morgan fingerprint density at radius 3 is 2.95 bits per heavy atom. The highest BCUT2D eigenvalue weighted by Gasteiger charge is 2.23. The molecule has 0 fully saturated rings. The van der Waals surface area contributed by atoms with Gasteiger partial charge in [0.1, 0.15) is 11.6 Å². The largest absolute Gasteiger partial charge is 0.370 e. The fourth-order valence-electron chi connectivity index (χ4n) is 3.12. The predicted molar refractivity (Wildman–Crippen MR) is 87.7 cm³/mol. The molecule has 0 spiro atoms. The van der Waals surface area contributed by atoms with E-state index in [1.54, 1.807) is 0 Å². The van der Waals surface area contributed by atoms with E-state index in [0.29, 0.717) is 11.8 Å². The number of aromatic nitrogens is 4. The normalized spacial score (nSPS) is 19.0. The van der Waals surface area contributed by atoms with Crippen LogP contribution in [0.25, 0.3) is 0 Å². The van der Waals surface area contributed by atoms with Crippen LogP contribution < -0.4 is 10.6 Å². The molecule has 22 heavy (non-hydrogen) atoms. The summed E-state index contributed by atoms with van der Waals surface area (Å²) >= 11 is 0. The number of hydrogen-bond acceptors (Lipinski definition) is 4. The highest BCUT2D eigenvalue weighted by molar-refractivity contribution is 5.38. The smallest absolute Gasteiger partial charge is 0.125 e. The molecule has 0 saturated carbocycles. The van der Waals surface area contributed by atoms with E-state index in [-0.39, 0.29) is 6.04 Å². The zero-order valence-electron chi connectivity index (χ0n) is 13.9. The molecule has 0 bridgehead atoms. The summed E-state index contributed by atoms with van der Waals surface area (Å²) in [5.74, 6) is 3.28. The number of hydrogen-bond donors (Lipinski definition) is 2. The van der Waals surface area contributed by atoms with E-state index in [1.807, 2.05) is 19.3 Å². The minimum absolute atomic E-state index is 0.278. The van der Waals surface area contributed by atoms with Crippen molar-refractivity contribution in [3.05, 3.63) is 30.0 Å². The molecular weight excluding hydrogens is 276 g/mol. The molecule has 0 amide bonds. The lowest BCUT2D eigenvalue weighted by molar-refractivity contribution is 0.326. The molecule has 0 aliphatic carbocycles. The van der Waals surface area contributed by atoms with Gasteiger partial charge in [-0.3, -0.25) is 0 Å². The van der Waals surface area contributed by atoms with Crippen LogP contribution in [0.1, 0.15) is 31.4 Å². The Morgan fingerprint density at radius 1 is 1.45 bits per heavy atom. The number of imidazole rings is 1.